The van der Waals surface area contributed by atoms with E-state index in [-0.39, 0.29) is 34.1 Å². The van der Waals surface area contributed by atoms with Crippen molar-refractivity contribution in [3.05, 3.63) is 58.7 Å². The van der Waals surface area contributed by atoms with Crippen molar-refractivity contribution in [1.82, 2.24) is 15.4 Å². The molecule has 1 aliphatic rings. The van der Waals surface area contributed by atoms with E-state index in [0.29, 0.717) is 11.5 Å². The number of methoxy groups -OCH3 is 1. The maximum Gasteiger partial charge on any atom is 0.338 e. The number of hydrogen-bond donors (Lipinski definition) is 3. The lowest BCUT2D eigenvalue weighted by molar-refractivity contribution is -0.139. The normalized spacial score (nSPS) is 15.8. The number of amides is 2. The lowest BCUT2D eigenvalue weighted by Crippen LogP contribution is -2.47. The number of furan rings is 1. The van der Waals surface area contributed by atoms with Gasteiger partial charge in [0.05, 0.1) is 30.6 Å². The van der Waals surface area contributed by atoms with Gasteiger partial charge in [0, 0.05) is 0 Å². The van der Waals surface area contributed by atoms with Gasteiger partial charge in [-0.2, -0.15) is 0 Å². The molecule has 2 amide bonds. The van der Waals surface area contributed by atoms with E-state index >= 15 is 0 Å². The molecule has 3 rings (SSSR count). The molecule has 0 saturated heterocycles. The highest BCUT2D eigenvalue weighted by Gasteiger charge is 2.36. The minimum atomic E-state index is -3.93. The molecule has 0 aliphatic carbocycles. The predicted molar refractivity (Wildman–Crippen MR) is 121 cm³/mol. The zero-order valence-corrected chi connectivity index (χ0v) is 20.3. The van der Waals surface area contributed by atoms with Crippen molar-refractivity contribution in [1.29, 1.82) is 0 Å². The Morgan fingerprint density at radius 3 is 2.49 bits per heavy atom. The summed E-state index contributed by atoms with van der Waals surface area (Å²) in [6.07, 6.45) is 0. The van der Waals surface area contributed by atoms with Gasteiger partial charge in [-0.1, -0.05) is 0 Å². The minimum Gasteiger partial charge on any atom is -0.495 e. The third-order valence-corrected chi connectivity index (χ3v) is 6.44. The van der Waals surface area contributed by atoms with E-state index in [1.165, 1.54) is 26.3 Å². The number of aryl methyl sites for hydroxylation is 1. The number of hydrogen-bond acceptors (Lipinski definition) is 9. The SMILES string of the molecule is CCOC(=O)C1=C(COC(=O)c2ccc(OC)c(S(=O)(=O)NC)c2)NC(=O)N[C@@H]1c1ccc(C)o1. The zero-order valence-electron chi connectivity index (χ0n) is 19.5. The molecule has 188 valence electrons. The van der Waals surface area contributed by atoms with Crippen molar-refractivity contribution in [3.8, 4) is 5.75 Å². The molecule has 12 nitrogen and oxygen atoms in total. The highest BCUT2D eigenvalue weighted by atomic mass is 32.2. The summed E-state index contributed by atoms with van der Waals surface area (Å²) in [5, 5.41) is 5.06. The van der Waals surface area contributed by atoms with Gasteiger partial charge in [-0.3, -0.25) is 0 Å². The van der Waals surface area contributed by atoms with Gasteiger partial charge in [0.15, 0.2) is 0 Å². The summed E-state index contributed by atoms with van der Waals surface area (Å²) in [6, 6.07) is 5.40. The Bertz CT molecular complexity index is 1280. The monoisotopic (exact) mass is 507 g/mol. The Hall–Kier alpha value is -3.84. The van der Waals surface area contributed by atoms with Crippen LogP contribution in [0.5, 0.6) is 5.75 Å². The molecule has 0 fully saturated rings. The molecule has 0 radical (unpaired) electrons. The van der Waals surface area contributed by atoms with Gasteiger partial charge in [-0.25, -0.2) is 27.5 Å². The Balaban J connectivity index is 1.93. The van der Waals surface area contributed by atoms with E-state index in [0.717, 1.165) is 6.07 Å². The quantitative estimate of drug-likeness (QED) is 0.427. The second-order valence-electron chi connectivity index (χ2n) is 7.24. The van der Waals surface area contributed by atoms with Crippen LogP contribution in [0.4, 0.5) is 4.79 Å². The molecule has 1 atom stereocenters. The molecule has 2 aromatic rings. The van der Waals surface area contributed by atoms with Crippen molar-refractivity contribution >= 4 is 28.0 Å². The average molecular weight is 508 g/mol. The highest BCUT2D eigenvalue weighted by Crippen LogP contribution is 2.30. The van der Waals surface area contributed by atoms with Gasteiger partial charge in [0.1, 0.15) is 34.8 Å². The van der Waals surface area contributed by atoms with Gasteiger partial charge in [0.25, 0.3) is 0 Å². The number of carbonyl (C=O) groups is 3. The fourth-order valence-electron chi connectivity index (χ4n) is 3.35. The van der Waals surface area contributed by atoms with Crippen molar-refractivity contribution in [3.63, 3.8) is 0 Å². The van der Waals surface area contributed by atoms with Crippen LogP contribution in [0, 0.1) is 6.92 Å². The van der Waals surface area contributed by atoms with Crippen LogP contribution in [0.15, 0.2) is 50.9 Å². The molecule has 1 aromatic heterocycles. The van der Waals surface area contributed by atoms with Crippen LogP contribution in [-0.4, -0.2) is 53.8 Å². The van der Waals surface area contributed by atoms with Crippen molar-refractivity contribution in [2.24, 2.45) is 0 Å². The summed E-state index contributed by atoms with van der Waals surface area (Å²) in [7, 11) is -1.42. The molecule has 1 aliphatic heterocycles. The van der Waals surface area contributed by atoms with Gasteiger partial charge < -0.3 is 29.3 Å². The maximum absolute atomic E-state index is 12.7. The summed E-state index contributed by atoms with van der Waals surface area (Å²) < 4.78 is 47.8. The number of sulfonamides is 1. The second kappa shape index (κ2) is 10.6. The van der Waals surface area contributed by atoms with Crippen LogP contribution in [-0.2, 0) is 24.3 Å². The van der Waals surface area contributed by atoms with Crippen LogP contribution >= 0.6 is 0 Å². The summed E-state index contributed by atoms with van der Waals surface area (Å²) >= 11 is 0. The van der Waals surface area contributed by atoms with Crippen LogP contribution in [0.2, 0.25) is 0 Å². The van der Waals surface area contributed by atoms with Crippen molar-refractivity contribution in [2.75, 3.05) is 27.4 Å². The number of nitrogens with one attached hydrogen (secondary N) is 3. The van der Waals surface area contributed by atoms with E-state index in [1.807, 2.05) is 0 Å². The Morgan fingerprint density at radius 1 is 1.14 bits per heavy atom. The highest BCUT2D eigenvalue weighted by molar-refractivity contribution is 7.89. The molecule has 0 bridgehead atoms. The fraction of sp³-hybridized carbons (Fsp3) is 0.318. The Kier molecular flexibility index (Phi) is 7.82. The van der Waals surface area contributed by atoms with Crippen molar-refractivity contribution < 1.29 is 41.4 Å². The van der Waals surface area contributed by atoms with E-state index in [1.54, 1.807) is 26.0 Å². The van der Waals surface area contributed by atoms with E-state index in [2.05, 4.69) is 15.4 Å². The first-order valence-electron chi connectivity index (χ1n) is 10.4. The third-order valence-electron chi connectivity index (χ3n) is 5.00. The Labute approximate surface area is 201 Å². The smallest absolute Gasteiger partial charge is 0.338 e. The average Bonchev–Trinajstić information content (AvgIpc) is 3.27. The minimum absolute atomic E-state index is 0.00165. The van der Waals surface area contributed by atoms with Gasteiger partial charge in [-0.15, -0.1) is 0 Å². The molecule has 2 heterocycles. The number of ether oxygens (including phenoxy) is 3. The van der Waals surface area contributed by atoms with Crippen molar-refractivity contribution in [2.45, 2.75) is 24.8 Å². The maximum atomic E-state index is 12.7. The first-order valence-corrected chi connectivity index (χ1v) is 11.9. The van der Waals surface area contributed by atoms with E-state index in [4.69, 9.17) is 18.6 Å². The standard InChI is InChI=1S/C22H25N3O9S/c1-5-32-21(27)18-14(24-22(28)25-19(18)16-8-6-12(2)34-16)11-33-20(26)13-7-9-15(31-4)17(10-13)35(29,30)23-3/h6-10,19,23H,5,11H2,1-4H3,(H2,24,25,28)/t19-/m1/s1. The summed E-state index contributed by atoms with van der Waals surface area (Å²) in [4.78, 5) is 37.5. The first-order chi connectivity index (χ1) is 16.6. The largest absolute Gasteiger partial charge is 0.495 e. The number of rotatable bonds is 9. The fourth-order valence-corrected chi connectivity index (χ4v) is 4.27. The van der Waals surface area contributed by atoms with Gasteiger partial charge >= 0.3 is 18.0 Å². The summed E-state index contributed by atoms with van der Waals surface area (Å²) in [5.41, 5.74) is -0.0886. The first kappa shape index (κ1) is 25.8. The number of urea groups is 1. The molecule has 0 unspecified atom stereocenters. The molecule has 13 heteroatoms. The van der Waals surface area contributed by atoms with Gasteiger partial charge in [0.2, 0.25) is 10.0 Å². The summed E-state index contributed by atoms with van der Waals surface area (Å²) in [5.74, 6) is -0.742. The zero-order chi connectivity index (χ0) is 25.8. The second-order valence-corrected chi connectivity index (χ2v) is 9.10. The van der Waals surface area contributed by atoms with Crippen LogP contribution in [0.25, 0.3) is 0 Å². The molecule has 35 heavy (non-hydrogen) atoms. The Morgan fingerprint density at radius 2 is 1.89 bits per heavy atom. The van der Waals surface area contributed by atoms with Crippen LogP contribution in [0.1, 0.15) is 34.8 Å². The lowest BCUT2D eigenvalue weighted by atomic mass is 10.0. The molecule has 0 saturated carbocycles. The lowest BCUT2D eigenvalue weighted by Gasteiger charge is -2.27. The topological polar surface area (TPSA) is 162 Å². The molecular formula is C22H25N3O9S. The van der Waals surface area contributed by atoms with Crippen LogP contribution < -0.4 is 20.1 Å². The number of esters is 2. The molecule has 1 aromatic carbocycles. The predicted octanol–water partition coefficient (Wildman–Crippen LogP) is 1.53. The van der Waals surface area contributed by atoms with E-state index < -0.39 is 40.6 Å². The molecular weight excluding hydrogens is 482 g/mol. The molecule has 3 N–H and O–H groups in total. The molecule has 0 spiro atoms. The van der Waals surface area contributed by atoms with Crippen LogP contribution in [0.3, 0.4) is 0 Å². The summed E-state index contributed by atoms with van der Waals surface area (Å²) in [6.45, 7) is 2.90. The number of benzene rings is 1. The third kappa shape index (κ3) is 5.63. The van der Waals surface area contributed by atoms with E-state index in [9.17, 15) is 22.8 Å². The number of carbonyl (C=O) groups excluding carboxylic acids is 3. The van der Waals surface area contributed by atoms with Gasteiger partial charge in [-0.05, 0) is 51.2 Å².